The van der Waals surface area contributed by atoms with Crippen LogP contribution in [0.4, 0.5) is 29.3 Å². The number of piperidine rings is 1. The molecule has 0 bridgehead atoms. The van der Waals surface area contributed by atoms with E-state index in [0.717, 1.165) is 33.7 Å². The zero-order valence-electron chi connectivity index (χ0n) is 41.6. The number of alkyl carbamates (subject to hydrolysis) is 1. The first-order valence-electron chi connectivity index (χ1n) is 24.3. The van der Waals surface area contributed by atoms with Gasteiger partial charge in [-0.2, -0.15) is 13.2 Å². The number of thioether (sulfide) groups is 1. The Labute approximate surface area is 445 Å². The summed E-state index contributed by atoms with van der Waals surface area (Å²) in [4.78, 5) is 42.3. The van der Waals surface area contributed by atoms with Gasteiger partial charge in [-0.25, -0.2) is 26.4 Å². The monoisotopic (exact) mass is 1110 g/mol. The molecule has 5 aromatic rings. The summed E-state index contributed by atoms with van der Waals surface area (Å²) in [6.07, 6.45) is 0.916. The number of benzene rings is 5. The van der Waals surface area contributed by atoms with Crippen LogP contribution in [0.25, 0.3) is 11.1 Å². The average Bonchev–Trinajstić information content (AvgIpc) is 3.38. The van der Waals surface area contributed by atoms with Crippen molar-refractivity contribution in [3.8, 4) is 11.1 Å². The second-order valence-electron chi connectivity index (χ2n) is 19.1. The van der Waals surface area contributed by atoms with Gasteiger partial charge in [0, 0.05) is 65.7 Å². The molecule has 2 heterocycles. The van der Waals surface area contributed by atoms with Gasteiger partial charge in [0.05, 0.1) is 29.8 Å². The van der Waals surface area contributed by atoms with E-state index in [1.54, 1.807) is 45.0 Å². The van der Waals surface area contributed by atoms with Gasteiger partial charge < -0.3 is 30.3 Å². The highest BCUT2D eigenvalue weighted by Crippen LogP contribution is 2.39. The Hall–Kier alpha value is -5.84. The third-order valence-corrected chi connectivity index (χ3v) is 16.9. The molecule has 0 unspecified atom stereocenters. The number of hydrogen-bond acceptors (Lipinski definition) is 13. The summed E-state index contributed by atoms with van der Waals surface area (Å²) in [6, 6.07) is 31.8. The largest absolute Gasteiger partial charge is 0.501 e. The standard InChI is InChI=1S/C53H60ClF3N6O9S3/c1-52(2,3)72-51(66)58-34-48(64)60-49(45-12-8-7-11-44(45)36-13-17-39(54)18-14-36)37-23-27-63(28-24-37)41-19-15-38(16-20-41)50(65)61-75(69,70)43-21-22-46(47(33-43)74(67,68)53(55,56)57)59-40(25-26-62-29-31-71-32-30-62)35-73-42-9-5-4-6-10-42/h4-22,33,37,40,49,59H,23-32,34-35H2,1-3H3,(H,58,66)(H,60,64)(H,61,65)/t40-,49-/m1/s1. The number of carbonyl (C=O) groups is 3. The molecule has 0 spiro atoms. The minimum Gasteiger partial charge on any atom is -0.444 e. The van der Waals surface area contributed by atoms with Gasteiger partial charge in [-0.15, -0.1) is 11.8 Å². The summed E-state index contributed by atoms with van der Waals surface area (Å²) in [5, 5.41) is 9.24. The van der Waals surface area contributed by atoms with Crippen LogP contribution in [0.5, 0.6) is 0 Å². The van der Waals surface area contributed by atoms with Crippen molar-refractivity contribution in [1.29, 1.82) is 0 Å². The van der Waals surface area contributed by atoms with Crippen LogP contribution in [0.15, 0.2) is 136 Å². The molecule has 15 nitrogen and oxygen atoms in total. The van der Waals surface area contributed by atoms with Gasteiger partial charge in [0.15, 0.2) is 0 Å². The van der Waals surface area contributed by atoms with Crippen LogP contribution in [-0.4, -0.2) is 115 Å². The maximum atomic E-state index is 14.3. The highest BCUT2D eigenvalue weighted by Gasteiger charge is 2.48. The van der Waals surface area contributed by atoms with E-state index < -0.39 is 76.4 Å². The van der Waals surface area contributed by atoms with E-state index in [1.165, 1.54) is 23.9 Å². The minimum atomic E-state index is -6.11. The van der Waals surface area contributed by atoms with E-state index in [4.69, 9.17) is 21.1 Å². The second-order valence-corrected chi connectivity index (χ2v) is 24.2. The molecule has 0 aliphatic carbocycles. The lowest BCUT2D eigenvalue weighted by Crippen LogP contribution is -2.44. The van der Waals surface area contributed by atoms with Crippen molar-refractivity contribution in [2.45, 2.75) is 77.9 Å². The lowest BCUT2D eigenvalue weighted by Gasteiger charge is -2.38. The molecule has 75 heavy (non-hydrogen) atoms. The number of morpholine rings is 1. The lowest BCUT2D eigenvalue weighted by molar-refractivity contribution is -0.121. The first kappa shape index (κ1) is 56.9. The Balaban J connectivity index is 1.04. The van der Waals surface area contributed by atoms with Crippen LogP contribution in [0, 0.1) is 5.92 Å². The van der Waals surface area contributed by atoms with Gasteiger partial charge in [0.25, 0.3) is 25.8 Å². The first-order valence-corrected chi connectivity index (χ1v) is 28.6. The minimum absolute atomic E-state index is 0.0626. The third kappa shape index (κ3) is 15.6. The predicted octanol–water partition coefficient (Wildman–Crippen LogP) is 9.31. The van der Waals surface area contributed by atoms with E-state index in [-0.39, 0.29) is 18.0 Å². The normalized spacial score (nSPS) is 15.9. The van der Waals surface area contributed by atoms with Crippen LogP contribution in [0.2, 0.25) is 5.02 Å². The van der Waals surface area contributed by atoms with Gasteiger partial charge in [-0.05, 0) is 129 Å². The fourth-order valence-corrected chi connectivity index (χ4v) is 11.9. The van der Waals surface area contributed by atoms with Crippen LogP contribution < -0.4 is 25.6 Å². The molecule has 2 aliphatic heterocycles. The number of nitrogens with one attached hydrogen (secondary N) is 4. The molecule has 7 rings (SSSR count). The van der Waals surface area contributed by atoms with Gasteiger partial charge in [-0.3, -0.25) is 14.5 Å². The van der Waals surface area contributed by atoms with E-state index >= 15 is 0 Å². The SMILES string of the molecule is CC(C)(C)OC(=O)NCC(=O)N[C@@H](c1ccccc1-c1ccc(Cl)cc1)C1CCN(c2ccc(C(=O)NS(=O)(=O)c3ccc(N[C@H](CCN4CCOCC4)CSc4ccccc4)c(S(=O)(=O)C(F)(F)F)c3)cc2)CC1. The molecule has 22 heteroatoms. The topological polar surface area (TPSA) is 193 Å². The van der Waals surface area contributed by atoms with Crippen LogP contribution in [0.1, 0.15) is 62.0 Å². The smallest absolute Gasteiger partial charge is 0.444 e. The Kier molecular flexibility index (Phi) is 18.9. The Bertz CT molecular complexity index is 2990. The average molecular weight is 1110 g/mol. The second kappa shape index (κ2) is 24.9. The van der Waals surface area contributed by atoms with E-state index in [2.05, 4.69) is 25.8 Å². The van der Waals surface area contributed by atoms with Crippen molar-refractivity contribution >= 4 is 72.5 Å². The Morgan fingerprint density at radius 2 is 1.48 bits per heavy atom. The molecule has 0 saturated carbocycles. The van der Waals surface area contributed by atoms with Crippen molar-refractivity contribution in [3.63, 3.8) is 0 Å². The number of sulfone groups is 1. The van der Waals surface area contributed by atoms with Crippen molar-refractivity contribution < 1.29 is 53.9 Å². The molecule has 0 aromatic heterocycles. The van der Waals surface area contributed by atoms with Gasteiger partial charge in [0.2, 0.25) is 5.91 Å². The number of amides is 3. The number of anilines is 2. The number of carbonyl (C=O) groups excluding carboxylic acids is 3. The summed E-state index contributed by atoms with van der Waals surface area (Å²) in [5.41, 5.74) is -3.68. The number of hydrogen-bond donors (Lipinski definition) is 4. The quantitative estimate of drug-likeness (QED) is 0.0573. The molecule has 4 N–H and O–H groups in total. The number of alkyl halides is 3. The van der Waals surface area contributed by atoms with Crippen molar-refractivity contribution in [2.24, 2.45) is 5.92 Å². The maximum absolute atomic E-state index is 14.3. The molecule has 2 fully saturated rings. The summed E-state index contributed by atoms with van der Waals surface area (Å²) >= 11 is 7.64. The van der Waals surface area contributed by atoms with Gasteiger partial charge in [0.1, 0.15) is 17.0 Å². The molecular weight excluding hydrogens is 1050 g/mol. The summed E-state index contributed by atoms with van der Waals surface area (Å²) in [7, 11) is -11.0. The molecule has 3 amide bonds. The highest BCUT2D eigenvalue weighted by atomic mass is 35.5. The van der Waals surface area contributed by atoms with Gasteiger partial charge >= 0.3 is 11.6 Å². The first-order chi connectivity index (χ1) is 35.6. The number of sulfonamides is 1. The molecule has 5 aromatic carbocycles. The van der Waals surface area contributed by atoms with Crippen LogP contribution in [0.3, 0.4) is 0 Å². The molecule has 2 atom stereocenters. The summed E-state index contributed by atoms with van der Waals surface area (Å²) in [5.74, 6) is -1.23. The predicted molar refractivity (Wildman–Crippen MR) is 284 cm³/mol. The zero-order valence-corrected chi connectivity index (χ0v) is 44.8. The van der Waals surface area contributed by atoms with Crippen LogP contribution >= 0.6 is 23.4 Å². The fourth-order valence-electron chi connectivity index (χ4n) is 8.79. The molecular formula is C53H60ClF3N6O9S3. The maximum Gasteiger partial charge on any atom is 0.501 e. The zero-order chi connectivity index (χ0) is 54.0. The van der Waals surface area contributed by atoms with E-state index in [0.29, 0.717) is 87.7 Å². The number of nitrogens with zero attached hydrogens (tertiary/aromatic N) is 2. The van der Waals surface area contributed by atoms with E-state index in [1.807, 2.05) is 71.5 Å². The Morgan fingerprint density at radius 3 is 2.13 bits per heavy atom. The van der Waals surface area contributed by atoms with Crippen molar-refractivity contribution in [1.82, 2.24) is 20.3 Å². The summed E-state index contributed by atoms with van der Waals surface area (Å²) < 4.78 is 109. The van der Waals surface area contributed by atoms with Crippen molar-refractivity contribution in [3.05, 3.63) is 137 Å². The number of ether oxygens (including phenoxy) is 2. The highest BCUT2D eigenvalue weighted by molar-refractivity contribution is 7.99. The molecule has 2 saturated heterocycles. The number of rotatable bonds is 19. The van der Waals surface area contributed by atoms with Gasteiger partial charge in [-0.1, -0.05) is 66.2 Å². The number of halogens is 4. The lowest BCUT2D eigenvalue weighted by atomic mass is 9.82. The molecule has 402 valence electrons. The fraction of sp³-hybridized carbons (Fsp3) is 0.377. The van der Waals surface area contributed by atoms with E-state index in [9.17, 15) is 44.4 Å². The molecule has 0 radical (unpaired) electrons. The molecule has 2 aliphatic rings. The summed E-state index contributed by atoms with van der Waals surface area (Å²) in [6.45, 7) is 8.82. The Morgan fingerprint density at radius 1 is 0.827 bits per heavy atom. The third-order valence-electron chi connectivity index (χ3n) is 12.6. The van der Waals surface area contributed by atoms with Crippen molar-refractivity contribution in [2.75, 3.05) is 68.5 Å². The van der Waals surface area contributed by atoms with Crippen LogP contribution in [-0.2, 0) is 34.1 Å².